The molecule has 0 N–H and O–H groups in total. The summed E-state index contributed by atoms with van der Waals surface area (Å²) >= 11 is 0. The molecular formula is C11H23NO. The van der Waals surface area contributed by atoms with Crippen molar-refractivity contribution in [3.63, 3.8) is 0 Å². The van der Waals surface area contributed by atoms with Crippen LogP contribution in [0.4, 0.5) is 0 Å². The van der Waals surface area contributed by atoms with Gasteiger partial charge in [0.05, 0.1) is 6.54 Å². The number of Topliss-reactive ketones (excluding diaryl/α,β-unsaturated/α-hetero) is 1. The summed E-state index contributed by atoms with van der Waals surface area (Å²) in [4.78, 5) is 13.0. The van der Waals surface area contributed by atoms with Crippen molar-refractivity contribution >= 4 is 5.78 Å². The van der Waals surface area contributed by atoms with Crippen LogP contribution in [0, 0.1) is 5.92 Å². The highest BCUT2D eigenvalue weighted by Gasteiger charge is 2.15. The first-order chi connectivity index (χ1) is 6.18. The molecule has 1 saturated heterocycles. The summed E-state index contributed by atoms with van der Waals surface area (Å²) < 4.78 is 0. The average Bonchev–Trinajstić information content (AvgIpc) is 2.12. The number of hydrogen-bond acceptors (Lipinski definition) is 2. The van der Waals surface area contributed by atoms with E-state index >= 15 is 0 Å². The van der Waals surface area contributed by atoms with E-state index < -0.39 is 0 Å². The summed E-state index contributed by atoms with van der Waals surface area (Å²) in [5.41, 5.74) is 0. The van der Waals surface area contributed by atoms with Crippen LogP contribution in [0.15, 0.2) is 0 Å². The van der Waals surface area contributed by atoms with Gasteiger partial charge in [0.15, 0.2) is 0 Å². The minimum Gasteiger partial charge on any atom is -0.299 e. The Kier molecular flexibility index (Phi) is 6.87. The monoisotopic (exact) mass is 185 g/mol. The predicted molar refractivity (Wildman–Crippen MR) is 56.9 cm³/mol. The van der Waals surface area contributed by atoms with E-state index in [-0.39, 0.29) is 0 Å². The lowest BCUT2D eigenvalue weighted by Gasteiger charge is -2.29. The standard InChI is InChI=1S/C9H17NO.C2H6/c1-8-3-5-10(6-4-8)7-9(2)11;1-2/h8H,3-7H2,1-2H3;1-2H3. The third-order valence-electron chi connectivity index (χ3n) is 2.32. The summed E-state index contributed by atoms with van der Waals surface area (Å²) in [5, 5.41) is 0. The van der Waals surface area contributed by atoms with Crippen LogP contribution < -0.4 is 0 Å². The number of piperidine rings is 1. The number of likely N-dealkylation sites (tertiary alicyclic amines) is 1. The lowest BCUT2D eigenvalue weighted by Crippen LogP contribution is -2.36. The molecule has 13 heavy (non-hydrogen) atoms. The molecule has 1 aliphatic heterocycles. The van der Waals surface area contributed by atoms with Gasteiger partial charge in [0.1, 0.15) is 5.78 Å². The Morgan fingerprint density at radius 2 is 1.77 bits per heavy atom. The molecule has 2 nitrogen and oxygen atoms in total. The number of carbonyl (C=O) groups is 1. The van der Waals surface area contributed by atoms with Gasteiger partial charge in [-0.3, -0.25) is 9.69 Å². The second-order valence-corrected chi connectivity index (χ2v) is 3.66. The van der Waals surface area contributed by atoms with E-state index in [0.717, 1.165) is 19.0 Å². The van der Waals surface area contributed by atoms with Crippen LogP contribution in [-0.4, -0.2) is 30.3 Å². The lowest BCUT2D eigenvalue weighted by atomic mass is 9.99. The SMILES string of the molecule is CC.CC(=O)CN1CCC(C)CC1. The zero-order chi connectivity index (χ0) is 10.3. The van der Waals surface area contributed by atoms with Crippen molar-refractivity contribution in [3.05, 3.63) is 0 Å². The summed E-state index contributed by atoms with van der Waals surface area (Å²) in [7, 11) is 0. The fraction of sp³-hybridized carbons (Fsp3) is 0.909. The maximum atomic E-state index is 10.8. The molecule has 78 valence electrons. The van der Waals surface area contributed by atoms with Crippen LogP contribution in [0.2, 0.25) is 0 Å². The summed E-state index contributed by atoms with van der Waals surface area (Å²) in [6.45, 7) is 10.8. The number of carbonyl (C=O) groups excluding carboxylic acids is 1. The first-order valence-corrected chi connectivity index (χ1v) is 5.40. The largest absolute Gasteiger partial charge is 0.299 e. The van der Waals surface area contributed by atoms with Gasteiger partial charge in [0, 0.05) is 0 Å². The van der Waals surface area contributed by atoms with Gasteiger partial charge < -0.3 is 0 Å². The highest BCUT2D eigenvalue weighted by molar-refractivity contribution is 5.77. The van der Waals surface area contributed by atoms with E-state index in [9.17, 15) is 4.79 Å². The third kappa shape index (κ3) is 5.81. The van der Waals surface area contributed by atoms with E-state index in [1.165, 1.54) is 12.8 Å². The molecule has 0 aromatic heterocycles. The topological polar surface area (TPSA) is 20.3 Å². The van der Waals surface area contributed by atoms with E-state index in [2.05, 4.69) is 11.8 Å². The Balaban J connectivity index is 0.000000671. The molecule has 0 aromatic rings. The predicted octanol–water partition coefficient (Wildman–Crippen LogP) is 2.33. The smallest absolute Gasteiger partial charge is 0.143 e. The van der Waals surface area contributed by atoms with Gasteiger partial charge in [0.2, 0.25) is 0 Å². The van der Waals surface area contributed by atoms with Gasteiger partial charge in [-0.15, -0.1) is 0 Å². The normalized spacial score (nSPS) is 19.1. The number of hydrogen-bond donors (Lipinski definition) is 0. The second kappa shape index (κ2) is 7.07. The number of rotatable bonds is 2. The van der Waals surface area contributed by atoms with E-state index in [1.54, 1.807) is 6.92 Å². The molecule has 0 radical (unpaired) electrons. The summed E-state index contributed by atoms with van der Waals surface area (Å²) in [6.07, 6.45) is 2.51. The molecule has 1 fully saturated rings. The van der Waals surface area contributed by atoms with Crippen LogP contribution in [0.3, 0.4) is 0 Å². The molecule has 0 amide bonds. The average molecular weight is 185 g/mol. The summed E-state index contributed by atoms with van der Waals surface area (Å²) in [6, 6.07) is 0. The quantitative estimate of drug-likeness (QED) is 0.658. The first-order valence-electron chi connectivity index (χ1n) is 5.40. The Bertz CT molecular complexity index is 137. The molecule has 0 aliphatic carbocycles. The van der Waals surface area contributed by atoms with Gasteiger partial charge >= 0.3 is 0 Å². The molecule has 0 saturated carbocycles. The van der Waals surface area contributed by atoms with Crippen LogP contribution in [0.25, 0.3) is 0 Å². The minimum atomic E-state index is 0.291. The first kappa shape index (κ1) is 12.6. The molecule has 1 aliphatic rings. The highest BCUT2D eigenvalue weighted by atomic mass is 16.1. The number of nitrogens with zero attached hydrogens (tertiary/aromatic N) is 1. The van der Waals surface area contributed by atoms with Crippen molar-refractivity contribution in [1.29, 1.82) is 0 Å². The van der Waals surface area contributed by atoms with Gasteiger partial charge in [-0.25, -0.2) is 0 Å². The molecule has 2 heteroatoms. The van der Waals surface area contributed by atoms with Crippen molar-refractivity contribution in [2.45, 2.75) is 40.5 Å². The highest BCUT2D eigenvalue weighted by Crippen LogP contribution is 2.15. The van der Waals surface area contributed by atoms with Crippen molar-refractivity contribution < 1.29 is 4.79 Å². The number of ketones is 1. The van der Waals surface area contributed by atoms with E-state index in [1.807, 2.05) is 13.8 Å². The Morgan fingerprint density at radius 3 is 2.15 bits per heavy atom. The molecule has 0 unspecified atom stereocenters. The fourth-order valence-electron chi connectivity index (χ4n) is 1.54. The van der Waals surface area contributed by atoms with Crippen molar-refractivity contribution in [2.75, 3.05) is 19.6 Å². The molecule has 0 bridgehead atoms. The molecule has 0 spiro atoms. The Labute approximate surface area is 82.3 Å². The molecule has 1 heterocycles. The maximum absolute atomic E-state index is 10.8. The summed E-state index contributed by atoms with van der Waals surface area (Å²) in [5.74, 6) is 1.15. The van der Waals surface area contributed by atoms with Crippen LogP contribution in [-0.2, 0) is 4.79 Å². The van der Waals surface area contributed by atoms with Gasteiger partial charge in [-0.1, -0.05) is 20.8 Å². The fourth-order valence-corrected chi connectivity index (χ4v) is 1.54. The van der Waals surface area contributed by atoms with Gasteiger partial charge in [-0.05, 0) is 38.8 Å². The van der Waals surface area contributed by atoms with Gasteiger partial charge in [-0.2, -0.15) is 0 Å². The minimum absolute atomic E-state index is 0.291. The van der Waals surface area contributed by atoms with Crippen molar-refractivity contribution in [2.24, 2.45) is 5.92 Å². The maximum Gasteiger partial charge on any atom is 0.143 e. The molecule has 0 atom stereocenters. The zero-order valence-electron chi connectivity index (χ0n) is 9.47. The lowest BCUT2D eigenvalue weighted by molar-refractivity contribution is -0.118. The Hall–Kier alpha value is -0.370. The van der Waals surface area contributed by atoms with E-state index in [0.29, 0.717) is 12.3 Å². The van der Waals surface area contributed by atoms with E-state index in [4.69, 9.17) is 0 Å². The van der Waals surface area contributed by atoms with Gasteiger partial charge in [0.25, 0.3) is 0 Å². The third-order valence-corrected chi connectivity index (χ3v) is 2.32. The van der Waals surface area contributed by atoms with Crippen LogP contribution in [0.1, 0.15) is 40.5 Å². The second-order valence-electron chi connectivity index (χ2n) is 3.66. The Morgan fingerprint density at radius 1 is 1.31 bits per heavy atom. The van der Waals surface area contributed by atoms with Crippen LogP contribution in [0.5, 0.6) is 0 Å². The van der Waals surface area contributed by atoms with Crippen LogP contribution >= 0.6 is 0 Å². The zero-order valence-corrected chi connectivity index (χ0v) is 9.47. The van der Waals surface area contributed by atoms with Crippen molar-refractivity contribution in [1.82, 2.24) is 4.90 Å². The molecular weight excluding hydrogens is 162 g/mol. The molecule has 1 rings (SSSR count). The van der Waals surface area contributed by atoms with Crippen molar-refractivity contribution in [3.8, 4) is 0 Å². The molecule has 0 aromatic carbocycles.